The molecule has 1 atom stereocenters. The fraction of sp³-hybridized carbons (Fsp3) is 0.833. The van der Waals surface area contributed by atoms with Crippen molar-refractivity contribution in [2.45, 2.75) is 51.7 Å². The number of methoxy groups -OCH3 is 1. The second-order valence-corrected chi connectivity index (χ2v) is 4.96. The molecule has 6 heteroatoms. The van der Waals surface area contributed by atoms with E-state index in [0.717, 1.165) is 0 Å². The van der Waals surface area contributed by atoms with E-state index in [4.69, 9.17) is 4.74 Å². The number of amides is 1. The van der Waals surface area contributed by atoms with Crippen LogP contribution in [0.3, 0.4) is 0 Å². The molecule has 0 bridgehead atoms. The fourth-order valence-electron chi connectivity index (χ4n) is 1.22. The molecule has 0 aromatic heterocycles. The van der Waals surface area contributed by atoms with E-state index in [0.29, 0.717) is 25.8 Å². The molecular formula is C12H23NO5. The largest absolute Gasteiger partial charge is 0.467 e. The molecule has 0 rings (SSSR count). The van der Waals surface area contributed by atoms with Gasteiger partial charge in [-0.2, -0.15) is 0 Å². The summed E-state index contributed by atoms with van der Waals surface area (Å²) in [5.41, 5.74) is -0.509. The van der Waals surface area contributed by atoms with E-state index >= 15 is 0 Å². The van der Waals surface area contributed by atoms with E-state index in [9.17, 15) is 14.7 Å². The number of aliphatic hydroxyl groups excluding tert-OH is 1. The number of aliphatic hydroxyl groups is 1. The average Bonchev–Trinajstić information content (AvgIpc) is 2.24. The van der Waals surface area contributed by atoms with E-state index in [1.54, 1.807) is 20.8 Å². The first-order chi connectivity index (χ1) is 8.26. The first-order valence-electron chi connectivity index (χ1n) is 5.99. The third kappa shape index (κ3) is 8.81. The Morgan fingerprint density at radius 3 is 2.39 bits per heavy atom. The van der Waals surface area contributed by atoms with Crippen LogP contribution in [0.2, 0.25) is 0 Å². The third-order valence-corrected chi connectivity index (χ3v) is 2.05. The summed E-state index contributed by atoms with van der Waals surface area (Å²) in [4.78, 5) is 22.1. The Hall–Kier alpha value is -1.30. The lowest BCUT2D eigenvalue weighted by Gasteiger charge is -2.19. The van der Waals surface area contributed by atoms with Crippen molar-refractivity contribution in [1.29, 1.82) is 0 Å². The van der Waals surface area contributed by atoms with Crippen molar-refractivity contribution in [2.24, 2.45) is 0 Å². The molecule has 18 heavy (non-hydrogen) atoms. The van der Waals surface area contributed by atoms with Crippen LogP contribution >= 0.6 is 0 Å². The predicted molar refractivity (Wildman–Crippen MR) is 66.1 cm³/mol. The van der Waals surface area contributed by atoms with E-state index in [-0.39, 0.29) is 0 Å². The quantitative estimate of drug-likeness (QED) is 0.554. The lowest BCUT2D eigenvalue weighted by molar-refractivity contribution is -0.150. The second kappa shape index (κ2) is 7.92. The summed E-state index contributed by atoms with van der Waals surface area (Å²) in [7, 11) is 1.23. The first kappa shape index (κ1) is 16.7. The van der Waals surface area contributed by atoms with Crippen molar-refractivity contribution >= 4 is 12.1 Å². The second-order valence-electron chi connectivity index (χ2n) is 4.96. The molecule has 2 N–H and O–H groups in total. The van der Waals surface area contributed by atoms with Gasteiger partial charge in [0.2, 0.25) is 0 Å². The number of alkyl carbamates (subject to hydrolysis) is 1. The van der Waals surface area contributed by atoms with Crippen LogP contribution in [0.15, 0.2) is 0 Å². The van der Waals surface area contributed by atoms with E-state index < -0.39 is 23.8 Å². The van der Waals surface area contributed by atoms with Gasteiger partial charge in [-0.1, -0.05) is 0 Å². The summed E-state index contributed by atoms with van der Waals surface area (Å²) in [6, 6.07) is 0. The van der Waals surface area contributed by atoms with Crippen LogP contribution < -0.4 is 5.32 Å². The highest BCUT2D eigenvalue weighted by Crippen LogP contribution is 2.06. The van der Waals surface area contributed by atoms with Crippen molar-refractivity contribution in [2.75, 3.05) is 13.7 Å². The molecule has 0 aliphatic rings. The highest BCUT2D eigenvalue weighted by molar-refractivity contribution is 5.74. The van der Waals surface area contributed by atoms with Gasteiger partial charge in [-0.3, -0.25) is 0 Å². The summed E-state index contributed by atoms with van der Waals surface area (Å²) in [6.07, 6.45) is 0.0507. The van der Waals surface area contributed by atoms with Gasteiger partial charge in [-0.05, 0) is 40.0 Å². The zero-order valence-corrected chi connectivity index (χ0v) is 11.5. The maximum atomic E-state index is 11.3. The van der Waals surface area contributed by atoms with Crippen LogP contribution in [-0.2, 0) is 14.3 Å². The summed E-state index contributed by atoms with van der Waals surface area (Å²) < 4.78 is 9.43. The van der Waals surface area contributed by atoms with Crippen molar-refractivity contribution in [3.05, 3.63) is 0 Å². The van der Waals surface area contributed by atoms with Gasteiger partial charge in [-0.25, -0.2) is 9.59 Å². The Morgan fingerprint density at radius 2 is 1.89 bits per heavy atom. The monoisotopic (exact) mass is 261 g/mol. The highest BCUT2D eigenvalue weighted by atomic mass is 16.6. The number of nitrogens with one attached hydrogen (secondary N) is 1. The van der Waals surface area contributed by atoms with Crippen LogP contribution in [0, 0.1) is 0 Å². The molecule has 0 aromatic rings. The van der Waals surface area contributed by atoms with Gasteiger partial charge in [-0.15, -0.1) is 0 Å². The molecule has 1 amide bonds. The van der Waals surface area contributed by atoms with E-state index in [1.165, 1.54) is 7.11 Å². The topological polar surface area (TPSA) is 84.9 Å². The first-order valence-corrected chi connectivity index (χ1v) is 5.99. The van der Waals surface area contributed by atoms with Crippen molar-refractivity contribution in [3.63, 3.8) is 0 Å². The molecule has 0 saturated heterocycles. The number of hydrogen-bond acceptors (Lipinski definition) is 5. The molecule has 0 aliphatic carbocycles. The maximum absolute atomic E-state index is 11.3. The van der Waals surface area contributed by atoms with Crippen LogP contribution in [0.1, 0.15) is 40.0 Å². The molecule has 0 aromatic carbocycles. The lowest BCUT2D eigenvalue weighted by Crippen LogP contribution is -2.33. The van der Waals surface area contributed by atoms with Gasteiger partial charge < -0.3 is 19.9 Å². The zero-order chi connectivity index (χ0) is 14.2. The number of rotatable bonds is 6. The smallest absolute Gasteiger partial charge is 0.407 e. The third-order valence-electron chi connectivity index (χ3n) is 2.05. The molecule has 0 spiro atoms. The summed E-state index contributed by atoms with van der Waals surface area (Å²) in [5.74, 6) is -0.630. The van der Waals surface area contributed by atoms with E-state index in [2.05, 4.69) is 10.1 Å². The Labute approximate surface area is 108 Å². The summed E-state index contributed by atoms with van der Waals surface area (Å²) in [5, 5.41) is 11.9. The van der Waals surface area contributed by atoms with Gasteiger partial charge in [0, 0.05) is 6.54 Å². The Kier molecular flexibility index (Phi) is 7.35. The number of hydrogen-bond donors (Lipinski definition) is 2. The number of ether oxygens (including phenoxy) is 2. The van der Waals surface area contributed by atoms with Gasteiger partial charge >= 0.3 is 12.1 Å². The Balaban J connectivity index is 3.57. The molecule has 0 heterocycles. The molecule has 0 unspecified atom stereocenters. The minimum absolute atomic E-state index is 0.322. The zero-order valence-electron chi connectivity index (χ0n) is 11.5. The molecular weight excluding hydrogens is 238 g/mol. The van der Waals surface area contributed by atoms with Gasteiger partial charge in [0.05, 0.1) is 7.11 Å². The van der Waals surface area contributed by atoms with Crippen LogP contribution in [-0.4, -0.2) is 42.5 Å². The fourth-order valence-corrected chi connectivity index (χ4v) is 1.22. The number of carbonyl (C=O) groups is 2. The summed E-state index contributed by atoms with van der Waals surface area (Å²) >= 11 is 0. The number of unbranched alkanes of at least 4 members (excludes halogenated alkanes) is 1. The average molecular weight is 261 g/mol. The van der Waals surface area contributed by atoms with Crippen LogP contribution in [0.4, 0.5) is 4.79 Å². The van der Waals surface area contributed by atoms with Gasteiger partial charge in [0.1, 0.15) is 5.60 Å². The standard InChI is InChI=1S/C12H23NO5/c1-12(2,3)18-11(16)13-8-6-5-7-9(14)10(15)17-4/h9,14H,5-8H2,1-4H3,(H,13,16)/t9-/m0/s1. The van der Waals surface area contributed by atoms with E-state index in [1.807, 2.05) is 0 Å². The van der Waals surface area contributed by atoms with Crippen molar-refractivity contribution in [1.82, 2.24) is 5.32 Å². The van der Waals surface area contributed by atoms with Crippen molar-refractivity contribution < 1.29 is 24.2 Å². The van der Waals surface area contributed by atoms with Crippen molar-refractivity contribution in [3.8, 4) is 0 Å². The number of carbonyl (C=O) groups excluding carboxylic acids is 2. The maximum Gasteiger partial charge on any atom is 0.407 e. The molecule has 0 saturated carbocycles. The minimum Gasteiger partial charge on any atom is -0.467 e. The number of esters is 1. The molecule has 106 valence electrons. The van der Waals surface area contributed by atoms with Crippen LogP contribution in [0.25, 0.3) is 0 Å². The van der Waals surface area contributed by atoms with Gasteiger partial charge in [0.15, 0.2) is 6.10 Å². The minimum atomic E-state index is -1.09. The normalized spacial score (nSPS) is 12.7. The SMILES string of the molecule is COC(=O)[C@@H](O)CCCCNC(=O)OC(C)(C)C. The molecule has 0 aliphatic heterocycles. The summed E-state index contributed by atoms with van der Waals surface area (Å²) in [6.45, 7) is 5.82. The predicted octanol–water partition coefficient (Wildman–Crippen LogP) is 1.22. The van der Waals surface area contributed by atoms with Crippen LogP contribution in [0.5, 0.6) is 0 Å². The highest BCUT2D eigenvalue weighted by Gasteiger charge is 2.16. The Bertz CT molecular complexity index is 272. The molecule has 0 radical (unpaired) electrons. The van der Waals surface area contributed by atoms with Gasteiger partial charge in [0.25, 0.3) is 0 Å². The molecule has 0 fully saturated rings. The lowest BCUT2D eigenvalue weighted by atomic mass is 10.1. The molecule has 6 nitrogen and oxygen atoms in total. The Morgan fingerprint density at radius 1 is 1.28 bits per heavy atom.